The number of para-hydroxylation sites is 2. The highest BCUT2D eigenvalue weighted by Crippen LogP contribution is 2.28. The van der Waals surface area contributed by atoms with Crippen molar-refractivity contribution in [1.29, 1.82) is 0 Å². The third-order valence-electron chi connectivity index (χ3n) is 5.32. The summed E-state index contributed by atoms with van der Waals surface area (Å²) in [7, 11) is 0. The van der Waals surface area contributed by atoms with Crippen LogP contribution >= 0.6 is 0 Å². The second-order valence-electron chi connectivity index (χ2n) is 7.37. The monoisotopic (exact) mass is 392 g/mol. The highest BCUT2D eigenvalue weighted by Gasteiger charge is 2.27. The summed E-state index contributed by atoms with van der Waals surface area (Å²) >= 11 is 0. The summed E-state index contributed by atoms with van der Waals surface area (Å²) in [5.41, 5.74) is 3.90. The third kappa shape index (κ3) is 4.08. The van der Waals surface area contributed by atoms with Crippen molar-refractivity contribution in [3.05, 3.63) is 48.0 Å². The van der Waals surface area contributed by atoms with Crippen LogP contribution in [0.25, 0.3) is 11.1 Å². The van der Waals surface area contributed by atoms with Gasteiger partial charge in [0.05, 0.1) is 0 Å². The molecular formula is C22H24N4O3. The number of amides is 2. The van der Waals surface area contributed by atoms with Crippen LogP contribution in [0.5, 0.6) is 0 Å². The Kier molecular flexibility index (Phi) is 5.20. The van der Waals surface area contributed by atoms with Gasteiger partial charge in [0.15, 0.2) is 5.58 Å². The molecule has 2 heterocycles. The first-order valence-electron chi connectivity index (χ1n) is 9.80. The van der Waals surface area contributed by atoms with Crippen molar-refractivity contribution in [2.24, 2.45) is 5.92 Å². The van der Waals surface area contributed by atoms with E-state index in [4.69, 9.17) is 4.42 Å². The molecule has 1 saturated heterocycles. The first-order valence-corrected chi connectivity index (χ1v) is 9.80. The van der Waals surface area contributed by atoms with Crippen LogP contribution in [-0.4, -0.2) is 29.9 Å². The summed E-state index contributed by atoms with van der Waals surface area (Å²) in [6, 6.07) is 13.8. The molecule has 3 aromatic rings. The lowest BCUT2D eigenvalue weighted by Gasteiger charge is -2.30. The van der Waals surface area contributed by atoms with Gasteiger partial charge < -0.3 is 20.0 Å². The zero-order valence-electron chi connectivity index (χ0n) is 16.6. The van der Waals surface area contributed by atoms with Gasteiger partial charge in [0.25, 0.3) is 6.01 Å². The van der Waals surface area contributed by atoms with Crippen molar-refractivity contribution >= 4 is 40.3 Å². The molecule has 0 spiro atoms. The molecule has 2 N–H and O–H groups in total. The van der Waals surface area contributed by atoms with Gasteiger partial charge in [-0.1, -0.05) is 18.2 Å². The van der Waals surface area contributed by atoms with Crippen LogP contribution in [0.1, 0.15) is 25.3 Å². The number of nitrogens with one attached hydrogen (secondary N) is 2. The molecule has 1 fully saturated rings. The number of benzene rings is 2. The summed E-state index contributed by atoms with van der Waals surface area (Å²) in [6.45, 7) is 4.79. The van der Waals surface area contributed by atoms with Crippen LogP contribution in [0.3, 0.4) is 0 Å². The molecule has 29 heavy (non-hydrogen) atoms. The van der Waals surface area contributed by atoms with E-state index < -0.39 is 0 Å². The van der Waals surface area contributed by atoms with Crippen molar-refractivity contribution in [3.8, 4) is 0 Å². The number of hydrogen-bond donors (Lipinski definition) is 2. The van der Waals surface area contributed by atoms with Crippen LogP contribution in [0, 0.1) is 12.8 Å². The molecule has 0 bridgehead atoms. The lowest BCUT2D eigenvalue weighted by Crippen LogP contribution is -2.38. The van der Waals surface area contributed by atoms with E-state index in [1.807, 2.05) is 49.4 Å². The van der Waals surface area contributed by atoms with Gasteiger partial charge in [-0.25, -0.2) is 0 Å². The minimum absolute atomic E-state index is 0.00490. The zero-order valence-corrected chi connectivity index (χ0v) is 16.6. The van der Waals surface area contributed by atoms with Gasteiger partial charge in [-0.15, -0.1) is 0 Å². The molecule has 7 nitrogen and oxygen atoms in total. The van der Waals surface area contributed by atoms with Crippen molar-refractivity contribution in [1.82, 2.24) is 4.98 Å². The van der Waals surface area contributed by atoms with E-state index in [2.05, 4.69) is 20.5 Å². The van der Waals surface area contributed by atoms with E-state index in [1.165, 1.54) is 6.92 Å². The first kappa shape index (κ1) is 19.0. The van der Waals surface area contributed by atoms with Crippen LogP contribution in [-0.2, 0) is 9.59 Å². The number of nitrogens with zero attached hydrogens (tertiary/aromatic N) is 2. The average Bonchev–Trinajstić information content (AvgIpc) is 3.15. The lowest BCUT2D eigenvalue weighted by atomic mass is 9.96. The van der Waals surface area contributed by atoms with Crippen LogP contribution in [0.4, 0.5) is 17.4 Å². The average molecular weight is 392 g/mol. The van der Waals surface area contributed by atoms with Crippen LogP contribution < -0.4 is 15.5 Å². The maximum Gasteiger partial charge on any atom is 0.298 e. The fourth-order valence-corrected chi connectivity index (χ4v) is 3.66. The number of aromatic nitrogens is 1. The van der Waals surface area contributed by atoms with E-state index in [0.717, 1.165) is 48.3 Å². The van der Waals surface area contributed by atoms with E-state index in [9.17, 15) is 9.59 Å². The number of anilines is 3. The zero-order chi connectivity index (χ0) is 20.4. The second kappa shape index (κ2) is 7.95. The van der Waals surface area contributed by atoms with Crippen molar-refractivity contribution < 1.29 is 14.0 Å². The molecule has 150 valence electrons. The van der Waals surface area contributed by atoms with Crippen LogP contribution in [0.15, 0.2) is 46.9 Å². The molecule has 7 heteroatoms. The number of carbonyl (C=O) groups excluding carboxylic acids is 2. The molecule has 0 atom stereocenters. The number of rotatable bonds is 4. The summed E-state index contributed by atoms with van der Waals surface area (Å²) in [5, 5.41) is 5.81. The molecule has 2 aromatic carbocycles. The highest BCUT2D eigenvalue weighted by molar-refractivity contribution is 5.96. The van der Waals surface area contributed by atoms with Crippen LogP contribution in [0.2, 0.25) is 0 Å². The molecule has 0 aliphatic carbocycles. The van der Waals surface area contributed by atoms with E-state index in [-0.39, 0.29) is 17.7 Å². The molecule has 4 rings (SSSR count). The van der Waals surface area contributed by atoms with Gasteiger partial charge in [-0.3, -0.25) is 9.59 Å². The molecular weight excluding hydrogens is 368 g/mol. The minimum Gasteiger partial charge on any atom is -0.423 e. The fourth-order valence-electron chi connectivity index (χ4n) is 3.66. The Morgan fingerprint density at radius 3 is 2.41 bits per heavy atom. The van der Waals surface area contributed by atoms with E-state index in [0.29, 0.717) is 11.7 Å². The Labute approximate surface area is 169 Å². The number of hydrogen-bond acceptors (Lipinski definition) is 5. The number of fused-ring (bicyclic) bond motifs is 1. The van der Waals surface area contributed by atoms with Crippen molar-refractivity contribution in [2.45, 2.75) is 26.7 Å². The molecule has 1 aliphatic heterocycles. The number of carbonyl (C=O) groups is 2. The predicted molar refractivity (Wildman–Crippen MR) is 113 cm³/mol. The van der Waals surface area contributed by atoms with Gasteiger partial charge >= 0.3 is 0 Å². The van der Waals surface area contributed by atoms with Gasteiger partial charge in [-0.05, 0) is 49.6 Å². The maximum absolute atomic E-state index is 12.8. The molecule has 0 unspecified atom stereocenters. The number of piperidine rings is 1. The van der Waals surface area contributed by atoms with Gasteiger partial charge in [0.1, 0.15) is 5.52 Å². The SMILES string of the molecule is CC(=O)Nc1cccc(NC(=O)C2CCN(c3nc4ccccc4o3)CC2)c1C. The topological polar surface area (TPSA) is 87.5 Å². The molecule has 0 radical (unpaired) electrons. The van der Waals surface area contributed by atoms with E-state index in [1.54, 1.807) is 0 Å². The Morgan fingerprint density at radius 2 is 1.72 bits per heavy atom. The number of oxazole rings is 1. The Hall–Kier alpha value is -3.35. The quantitative estimate of drug-likeness (QED) is 0.702. The summed E-state index contributed by atoms with van der Waals surface area (Å²) in [5.74, 6) is -0.201. The largest absolute Gasteiger partial charge is 0.423 e. The molecule has 1 aliphatic rings. The third-order valence-corrected chi connectivity index (χ3v) is 5.32. The minimum atomic E-state index is -0.136. The highest BCUT2D eigenvalue weighted by atomic mass is 16.4. The van der Waals surface area contributed by atoms with Gasteiger partial charge in [0, 0.05) is 37.3 Å². The summed E-state index contributed by atoms with van der Waals surface area (Å²) in [4.78, 5) is 30.7. The molecule has 1 aromatic heterocycles. The predicted octanol–water partition coefficient (Wildman–Crippen LogP) is 3.95. The summed E-state index contributed by atoms with van der Waals surface area (Å²) < 4.78 is 5.84. The maximum atomic E-state index is 12.8. The summed E-state index contributed by atoms with van der Waals surface area (Å²) in [6.07, 6.45) is 1.46. The smallest absolute Gasteiger partial charge is 0.298 e. The standard InChI is InChI=1S/C22H24N4O3/c1-14-17(23-15(2)27)7-5-8-18(14)24-21(28)16-10-12-26(13-11-16)22-25-19-6-3-4-9-20(19)29-22/h3-9,16H,10-13H2,1-2H3,(H,23,27)(H,24,28). The Balaban J connectivity index is 1.38. The van der Waals surface area contributed by atoms with Crippen molar-refractivity contribution in [3.63, 3.8) is 0 Å². The molecule has 2 amide bonds. The first-order chi connectivity index (χ1) is 14.0. The van der Waals surface area contributed by atoms with E-state index >= 15 is 0 Å². The second-order valence-corrected chi connectivity index (χ2v) is 7.37. The van der Waals surface area contributed by atoms with Gasteiger partial charge in [0.2, 0.25) is 11.8 Å². The Morgan fingerprint density at radius 1 is 1.03 bits per heavy atom. The van der Waals surface area contributed by atoms with Crippen molar-refractivity contribution in [2.75, 3.05) is 28.6 Å². The Bertz CT molecular complexity index is 1020. The fraction of sp³-hybridized carbons (Fsp3) is 0.318. The van der Waals surface area contributed by atoms with Gasteiger partial charge in [-0.2, -0.15) is 4.98 Å². The lowest BCUT2D eigenvalue weighted by molar-refractivity contribution is -0.120. The normalized spacial score (nSPS) is 14.8. The molecule has 0 saturated carbocycles.